The second-order valence-corrected chi connectivity index (χ2v) is 4.27. The van der Waals surface area contributed by atoms with E-state index in [0.29, 0.717) is 5.76 Å². The van der Waals surface area contributed by atoms with E-state index in [0.717, 1.165) is 37.8 Å². The van der Waals surface area contributed by atoms with Crippen molar-refractivity contribution in [3.05, 3.63) is 41.9 Å². The number of imidazole rings is 1. The molecule has 1 aliphatic rings. The van der Waals surface area contributed by atoms with Crippen LogP contribution in [-0.2, 0) is 26.2 Å². The molecule has 90 valence electrons. The molecule has 17 heavy (non-hydrogen) atoms. The SMILES string of the molecule is OCc1ccc(CN2CCn3ccnc3C2)o1. The average Bonchev–Trinajstić information content (AvgIpc) is 2.96. The molecule has 0 radical (unpaired) electrons. The van der Waals surface area contributed by atoms with Crippen molar-refractivity contribution >= 4 is 0 Å². The summed E-state index contributed by atoms with van der Waals surface area (Å²) in [6.45, 7) is 3.56. The number of aromatic nitrogens is 2. The average molecular weight is 233 g/mol. The normalized spacial score (nSPS) is 16.1. The number of hydrogen-bond donors (Lipinski definition) is 1. The summed E-state index contributed by atoms with van der Waals surface area (Å²) in [5, 5.41) is 8.94. The zero-order valence-corrected chi connectivity index (χ0v) is 9.54. The van der Waals surface area contributed by atoms with Crippen molar-refractivity contribution in [2.75, 3.05) is 6.54 Å². The highest BCUT2D eigenvalue weighted by Gasteiger charge is 2.17. The van der Waals surface area contributed by atoms with Crippen LogP contribution in [0.4, 0.5) is 0 Å². The van der Waals surface area contributed by atoms with Crippen molar-refractivity contribution in [2.45, 2.75) is 26.2 Å². The van der Waals surface area contributed by atoms with E-state index in [2.05, 4.69) is 14.5 Å². The standard InChI is InChI=1S/C12H15N3O2/c16-9-11-2-1-10(17-11)7-14-5-6-15-4-3-13-12(15)8-14/h1-4,16H,5-9H2. The molecule has 0 unspecified atom stereocenters. The van der Waals surface area contributed by atoms with Crippen LogP contribution in [0.2, 0.25) is 0 Å². The molecule has 0 saturated heterocycles. The first-order chi connectivity index (χ1) is 8.35. The summed E-state index contributed by atoms with van der Waals surface area (Å²) in [5.74, 6) is 2.62. The van der Waals surface area contributed by atoms with Crippen molar-refractivity contribution in [1.82, 2.24) is 14.5 Å². The molecule has 3 heterocycles. The Morgan fingerprint density at radius 2 is 2.18 bits per heavy atom. The third kappa shape index (κ3) is 2.11. The van der Waals surface area contributed by atoms with Crippen LogP contribution in [0.15, 0.2) is 28.9 Å². The maximum absolute atomic E-state index is 8.94. The molecule has 0 bridgehead atoms. The van der Waals surface area contributed by atoms with Crippen LogP contribution >= 0.6 is 0 Å². The van der Waals surface area contributed by atoms with Crippen LogP contribution < -0.4 is 0 Å². The van der Waals surface area contributed by atoms with E-state index >= 15 is 0 Å². The van der Waals surface area contributed by atoms with Crippen LogP contribution in [0.25, 0.3) is 0 Å². The summed E-state index contributed by atoms with van der Waals surface area (Å²) in [6.07, 6.45) is 3.86. The van der Waals surface area contributed by atoms with Gasteiger partial charge in [-0.15, -0.1) is 0 Å². The van der Waals surface area contributed by atoms with Crippen LogP contribution in [0.5, 0.6) is 0 Å². The minimum Gasteiger partial charge on any atom is -0.462 e. The van der Waals surface area contributed by atoms with E-state index in [9.17, 15) is 0 Å². The van der Waals surface area contributed by atoms with E-state index in [-0.39, 0.29) is 6.61 Å². The summed E-state index contributed by atoms with van der Waals surface area (Å²) in [6, 6.07) is 3.74. The van der Waals surface area contributed by atoms with Crippen LogP contribution in [0.1, 0.15) is 17.3 Å². The minimum atomic E-state index is -0.0373. The highest BCUT2D eigenvalue weighted by Crippen LogP contribution is 2.15. The van der Waals surface area contributed by atoms with Gasteiger partial charge in [0.2, 0.25) is 0 Å². The summed E-state index contributed by atoms with van der Waals surface area (Å²) in [5.41, 5.74) is 0. The maximum atomic E-state index is 8.94. The first kappa shape index (κ1) is 10.6. The van der Waals surface area contributed by atoms with Crippen molar-refractivity contribution in [3.8, 4) is 0 Å². The lowest BCUT2D eigenvalue weighted by molar-refractivity contribution is 0.185. The lowest BCUT2D eigenvalue weighted by Crippen LogP contribution is -2.33. The molecular weight excluding hydrogens is 218 g/mol. The van der Waals surface area contributed by atoms with Gasteiger partial charge in [0.25, 0.3) is 0 Å². The van der Waals surface area contributed by atoms with Gasteiger partial charge >= 0.3 is 0 Å². The van der Waals surface area contributed by atoms with Gasteiger partial charge < -0.3 is 14.1 Å². The number of aliphatic hydroxyl groups is 1. The molecule has 0 atom stereocenters. The Hall–Kier alpha value is -1.59. The van der Waals surface area contributed by atoms with Gasteiger partial charge in [-0.2, -0.15) is 0 Å². The Bertz CT molecular complexity index is 503. The Morgan fingerprint density at radius 1 is 1.29 bits per heavy atom. The molecule has 1 N–H and O–H groups in total. The van der Waals surface area contributed by atoms with Gasteiger partial charge in [-0.1, -0.05) is 0 Å². The molecular formula is C12H15N3O2. The number of hydrogen-bond acceptors (Lipinski definition) is 4. The van der Waals surface area contributed by atoms with E-state index in [1.807, 2.05) is 24.5 Å². The third-order valence-electron chi connectivity index (χ3n) is 3.08. The largest absolute Gasteiger partial charge is 0.462 e. The van der Waals surface area contributed by atoms with Crippen LogP contribution in [-0.4, -0.2) is 26.1 Å². The predicted octanol–water partition coefficient (Wildman–Crippen LogP) is 0.984. The Kier molecular flexibility index (Phi) is 2.70. The zero-order chi connectivity index (χ0) is 11.7. The second-order valence-electron chi connectivity index (χ2n) is 4.27. The molecule has 0 spiro atoms. The van der Waals surface area contributed by atoms with Crippen LogP contribution in [0, 0.1) is 0 Å². The van der Waals surface area contributed by atoms with Gasteiger partial charge in [-0.25, -0.2) is 4.98 Å². The number of rotatable bonds is 3. The Balaban J connectivity index is 1.67. The molecule has 0 saturated carbocycles. The smallest absolute Gasteiger partial charge is 0.129 e. The van der Waals surface area contributed by atoms with Gasteiger partial charge in [-0.3, -0.25) is 4.90 Å². The van der Waals surface area contributed by atoms with Crippen molar-refractivity contribution < 1.29 is 9.52 Å². The number of fused-ring (bicyclic) bond motifs is 1. The third-order valence-corrected chi connectivity index (χ3v) is 3.08. The molecule has 0 aliphatic carbocycles. The molecule has 3 rings (SSSR count). The van der Waals surface area contributed by atoms with Gasteiger partial charge in [0.1, 0.15) is 24.0 Å². The summed E-state index contributed by atoms with van der Waals surface area (Å²) in [7, 11) is 0. The van der Waals surface area contributed by atoms with E-state index in [1.54, 1.807) is 0 Å². The topological polar surface area (TPSA) is 54.4 Å². The highest BCUT2D eigenvalue weighted by molar-refractivity contribution is 5.07. The molecule has 0 amide bonds. The van der Waals surface area contributed by atoms with Crippen molar-refractivity contribution in [1.29, 1.82) is 0 Å². The minimum absolute atomic E-state index is 0.0373. The molecule has 0 fully saturated rings. The van der Waals surface area contributed by atoms with E-state index < -0.39 is 0 Å². The number of furan rings is 1. The zero-order valence-electron chi connectivity index (χ0n) is 9.54. The molecule has 1 aliphatic heterocycles. The molecule has 2 aromatic rings. The number of nitrogens with zero attached hydrogens (tertiary/aromatic N) is 3. The molecule has 2 aromatic heterocycles. The fraction of sp³-hybridized carbons (Fsp3) is 0.417. The fourth-order valence-electron chi connectivity index (χ4n) is 2.17. The van der Waals surface area contributed by atoms with Gasteiger partial charge in [0.15, 0.2) is 0 Å². The van der Waals surface area contributed by atoms with E-state index in [1.165, 1.54) is 0 Å². The van der Waals surface area contributed by atoms with Gasteiger partial charge in [0, 0.05) is 25.5 Å². The Labute approximate surface area is 99.3 Å². The first-order valence-corrected chi connectivity index (χ1v) is 5.76. The van der Waals surface area contributed by atoms with E-state index in [4.69, 9.17) is 9.52 Å². The van der Waals surface area contributed by atoms with Gasteiger partial charge in [-0.05, 0) is 12.1 Å². The monoisotopic (exact) mass is 233 g/mol. The summed E-state index contributed by atoms with van der Waals surface area (Å²) >= 11 is 0. The summed E-state index contributed by atoms with van der Waals surface area (Å²) in [4.78, 5) is 6.61. The predicted molar refractivity (Wildman–Crippen MR) is 61.0 cm³/mol. The molecule has 5 nitrogen and oxygen atoms in total. The quantitative estimate of drug-likeness (QED) is 0.858. The summed E-state index contributed by atoms with van der Waals surface area (Å²) < 4.78 is 7.66. The lowest BCUT2D eigenvalue weighted by Gasteiger charge is -2.26. The molecule has 5 heteroatoms. The maximum Gasteiger partial charge on any atom is 0.129 e. The highest BCUT2D eigenvalue weighted by atomic mass is 16.4. The fourth-order valence-corrected chi connectivity index (χ4v) is 2.17. The first-order valence-electron chi connectivity index (χ1n) is 5.76. The second kappa shape index (κ2) is 4.35. The number of aliphatic hydroxyl groups excluding tert-OH is 1. The lowest BCUT2D eigenvalue weighted by atomic mass is 10.3. The Morgan fingerprint density at radius 3 is 3.00 bits per heavy atom. The van der Waals surface area contributed by atoms with Gasteiger partial charge in [0.05, 0.1) is 13.1 Å². The van der Waals surface area contributed by atoms with Crippen LogP contribution in [0.3, 0.4) is 0 Å². The van der Waals surface area contributed by atoms with Crippen molar-refractivity contribution in [2.24, 2.45) is 0 Å². The molecule has 0 aromatic carbocycles. The van der Waals surface area contributed by atoms with Crippen molar-refractivity contribution in [3.63, 3.8) is 0 Å².